The maximum absolute atomic E-state index is 15.5. The molecule has 1 saturated carbocycles. The maximum atomic E-state index is 15.5. The van der Waals surface area contributed by atoms with Crippen LogP contribution in [0.15, 0.2) is 36.5 Å². The number of fused-ring (bicyclic) bond motifs is 3. The van der Waals surface area contributed by atoms with E-state index < -0.39 is 6.04 Å². The van der Waals surface area contributed by atoms with E-state index in [1.165, 1.54) is 11.3 Å². The summed E-state index contributed by atoms with van der Waals surface area (Å²) >= 11 is 7.55. The molecule has 10 heteroatoms. The molecule has 1 atom stereocenters. The van der Waals surface area contributed by atoms with Crippen molar-refractivity contribution >= 4 is 33.8 Å². The van der Waals surface area contributed by atoms with Gasteiger partial charge < -0.3 is 9.64 Å². The van der Waals surface area contributed by atoms with Gasteiger partial charge in [0.05, 0.1) is 11.4 Å². The average Bonchev–Trinajstić information content (AvgIpc) is 3.53. The summed E-state index contributed by atoms with van der Waals surface area (Å²) in [7, 11) is 0. The number of benzene rings is 1. The summed E-state index contributed by atoms with van der Waals surface area (Å²) in [5.41, 5.74) is 3.02. The largest absolute Gasteiger partial charge is 0.481 e. The van der Waals surface area contributed by atoms with Gasteiger partial charge in [-0.25, -0.2) is 18.9 Å². The molecule has 34 heavy (non-hydrogen) atoms. The van der Waals surface area contributed by atoms with Crippen molar-refractivity contribution in [2.45, 2.75) is 38.1 Å². The molecule has 1 aliphatic carbocycles. The first-order valence-electron chi connectivity index (χ1n) is 11.2. The Bertz CT molecular complexity index is 1420. The lowest BCUT2D eigenvalue weighted by Gasteiger charge is -2.35. The molecule has 1 amide bonds. The Morgan fingerprint density at radius 1 is 1.32 bits per heavy atom. The van der Waals surface area contributed by atoms with Gasteiger partial charge in [-0.1, -0.05) is 35.1 Å². The molecule has 1 unspecified atom stereocenters. The van der Waals surface area contributed by atoms with Gasteiger partial charge in [0.25, 0.3) is 5.91 Å². The van der Waals surface area contributed by atoms with Crippen LogP contribution in [0.3, 0.4) is 0 Å². The standard InChI is InChI=1S/C24H21ClFN5O2S/c1-13-29-31-22-18(28-24(31)34-13)8-10-30(20(32)12-33-19-3-2-9-27-23(19)25)21(22)16-7-6-15(11-17(16)26)14-4-5-14/h2-3,6-7,9,11,14,21H,4-5,8,10,12H2,1H3. The fourth-order valence-corrected chi connectivity index (χ4v) is 5.53. The van der Waals surface area contributed by atoms with E-state index in [1.807, 2.05) is 13.0 Å². The van der Waals surface area contributed by atoms with Crippen molar-refractivity contribution in [3.05, 3.63) is 75.0 Å². The summed E-state index contributed by atoms with van der Waals surface area (Å²) in [5.74, 6) is 0.165. The van der Waals surface area contributed by atoms with Gasteiger partial charge in [-0.3, -0.25) is 4.79 Å². The molecule has 2 aliphatic rings. The summed E-state index contributed by atoms with van der Waals surface area (Å²) in [6, 6.07) is 8.08. The smallest absolute Gasteiger partial charge is 0.261 e. The predicted molar refractivity (Wildman–Crippen MR) is 126 cm³/mol. The number of carbonyl (C=O) groups is 1. The normalized spacial score (nSPS) is 17.7. The first kappa shape index (κ1) is 21.5. The molecule has 4 aromatic rings. The van der Waals surface area contributed by atoms with Gasteiger partial charge in [-0.05, 0) is 49.4 Å². The number of aryl methyl sites for hydroxylation is 1. The van der Waals surface area contributed by atoms with E-state index >= 15 is 4.39 Å². The quantitative estimate of drug-likeness (QED) is 0.373. The van der Waals surface area contributed by atoms with E-state index in [1.54, 1.807) is 39.9 Å². The second kappa shape index (κ2) is 8.32. The van der Waals surface area contributed by atoms with Gasteiger partial charge in [0.2, 0.25) is 4.96 Å². The van der Waals surface area contributed by atoms with E-state index in [0.29, 0.717) is 30.2 Å². The minimum absolute atomic E-state index is 0.185. The predicted octanol–water partition coefficient (Wildman–Crippen LogP) is 4.72. The van der Waals surface area contributed by atoms with Crippen molar-refractivity contribution in [1.29, 1.82) is 0 Å². The SMILES string of the molecule is Cc1nn2c3c(nc2s1)CCN(C(=O)COc1cccnc1Cl)C3c1ccc(C2CC2)cc1F. The van der Waals surface area contributed by atoms with E-state index in [4.69, 9.17) is 21.3 Å². The monoisotopic (exact) mass is 497 g/mol. The van der Waals surface area contributed by atoms with Crippen molar-refractivity contribution in [2.75, 3.05) is 13.2 Å². The van der Waals surface area contributed by atoms with Crippen molar-refractivity contribution < 1.29 is 13.9 Å². The van der Waals surface area contributed by atoms with Gasteiger partial charge in [-0.15, -0.1) is 0 Å². The lowest BCUT2D eigenvalue weighted by Crippen LogP contribution is -2.43. The fourth-order valence-electron chi connectivity index (χ4n) is 4.58. The summed E-state index contributed by atoms with van der Waals surface area (Å²) in [4.78, 5) is 24.5. The van der Waals surface area contributed by atoms with Gasteiger partial charge in [-0.2, -0.15) is 5.10 Å². The number of pyridine rings is 1. The van der Waals surface area contributed by atoms with Crippen LogP contribution < -0.4 is 4.74 Å². The molecule has 0 spiro atoms. The number of nitrogens with zero attached hydrogens (tertiary/aromatic N) is 5. The van der Waals surface area contributed by atoms with Gasteiger partial charge >= 0.3 is 0 Å². The van der Waals surface area contributed by atoms with Crippen LogP contribution in [0.5, 0.6) is 5.75 Å². The zero-order valence-corrected chi connectivity index (χ0v) is 19.9. The van der Waals surface area contributed by atoms with Crippen LogP contribution in [0.2, 0.25) is 5.15 Å². The topological polar surface area (TPSA) is 72.6 Å². The number of imidazole rings is 1. The Morgan fingerprint density at radius 3 is 2.94 bits per heavy atom. The number of carbonyl (C=O) groups excluding carboxylic acids is 1. The van der Waals surface area contributed by atoms with Crippen LogP contribution in [-0.2, 0) is 11.2 Å². The Morgan fingerprint density at radius 2 is 2.18 bits per heavy atom. The molecule has 0 saturated heterocycles. The molecule has 6 rings (SSSR count). The Balaban J connectivity index is 1.39. The van der Waals surface area contributed by atoms with Crippen molar-refractivity contribution in [3.8, 4) is 5.75 Å². The molecule has 1 aliphatic heterocycles. The zero-order valence-electron chi connectivity index (χ0n) is 18.4. The highest BCUT2D eigenvalue weighted by atomic mass is 35.5. The number of hydrogen-bond acceptors (Lipinski definition) is 6. The highest BCUT2D eigenvalue weighted by Crippen LogP contribution is 2.43. The van der Waals surface area contributed by atoms with Crippen LogP contribution in [0.25, 0.3) is 4.96 Å². The fraction of sp³-hybridized carbons (Fsp3) is 0.333. The minimum atomic E-state index is -0.658. The molecule has 4 heterocycles. The number of hydrogen-bond donors (Lipinski definition) is 0. The van der Waals surface area contributed by atoms with Gasteiger partial charge in [0.1, 0.15) is 16.9 Å². The zero-order chi connectivity index (χ0) is 23.4. The third-order valence-corrected chi connectivity index (χ3v) is 7.45. The first-order chi connectivity index (χ1) is 16.5. The summed E-state index contributed by atoms with van der Waals surface area (Å²) in [6.45, 7) is 2.06. The Labute approximate surface area is 204 Å². The number of ether oxygens (including phenoxy) is 1. The lowest BCUT2D eigenvalue weighted by atomic mass is 9.93. The highest BCUT2D eigenvalue weighted by molar-refractivity contribution is 7.16. The summed E-state index contributed by atoms with van der Waals surface area (Å²) < 4.78 is 23.0. The van der Waals surface area contributed by atoms with Crippen molar-refractivity contribution in [2.24, 2.45) is 0 Å². The van der Waals surface area contributed by atoms with Crippen LogP contribution in [-0.4, -0.2) is 43.5 Å². The maximum Gasteiger partial charge on any atom is 0.261 e. The first-order valence-corrected chi connectivity index (χ1v) is 12.4. The van der Waals surface area contributed by atoms with E-state index in [9.17, 15) is 4.79 Å². The van der Waals surface area contributed by atoms with Gasteiger partial charge in [0, 0.05) is 24.7 Å². The Hall–Kier alpha value is -3.04. The number of halogens is 2. The third-order valence-electron chi connectivity index (χ3n) is 6.34. The van der Waals surface area contributed by atoms with E-state index in [2.05, 4.69) is 10.1 Å². The molecule has 174 valence electrons. The minimum Gasteiger partial charge on any atom is -0.481 e. The molecule has 3 aromatic heterocycles. The molecule has 7 nitrogen and oxygen atoms in total. The number of amides is 1. The molecule has 0 N–H and O–H groups in total. The van der Waals surface area contributed by atoms with Crippen molar-refractivity contribution in [1.82, 2.24) is 24.5 Å². The number of aromatic nitrogens is 4. The van der Waals surface area contributed by atoms with Crippen molar-refractivity contribution in [3.63, 3.8) is 0 Å². The van der Waals surface area contributed by atoms with Crippen LogP contribution in [0.4, 0.5) is 4.39 Å². The lowest BCUT2D eigenvalue weighted by molar-refractivity contribution is -0.135. The molecular formula is C24H21ClFN5O2S. The second-order valence-corrected chi connectivity index (χ2v) is 10.2. The highest BCUT2D eigenvalue weighted by Gasteiger charge is 2.38. The summed E-state index contributed by atoms with van der Waals surface area (Å²) in [5, 5.41) is 5.64. The second-order valence-electron chi connectivity index (χ2n) is 8.64. The van der Waals surface area contributed by atoms with Crippen LogP contribution >= 0.6 is 22.9 Å². The summed E-state index contributed by atoms with van der Waals surface area (Å²) in [6.07, 6.45) is 4.29. The molecular weight excluding hydrogens is 477 g/mol. The third kappa shape index (κ3) is 3.73. The molecule has 0 bridgehead atoms. The van der Waals surface area contributed by atoms with Gasteiger partial charge in [0.15, 0.2) is 17.5 Å². The number of rotatable bonds is 5. The van der Waals surface area contributed by atoms with Crippen LogP contribution in [0.1, 0.15) is 52.3 Å². The van der Waals surface area contributed by atoms with E-state index in [0.717, 1.165) is 39.8 Å². The Kier molecular flexibility index (Phi) is 5.26. The van der Waals surface area contributed by atoms with Crippen LogP contribution in [0, 0.1) is 12.7 Å². The molecule has 0 radical (unpaired) electrons. The molecule has 1 fully saturated rings. The average molecular weight is 498 g/mol. The molecule has 1 aromatic carbocycles. The van der Waals surface area contributed by atoms with E-state index in [-0.39, 0.29) is 23.5 Å².